The van der Waals surface area contributed by atoms with Gasteiger partial charge in [-0.05, 0) is 76.5 Å². The first-order chi connectivity index (χ1) is 16.1. The van der Waals surface area contributed by atoms with E-state index < -0.39 is 0 Å². The molecule has 2 rings (SSSR count). The van der Waals surface area contributed by atoms with E-state index in [1.165, 1.54) is 44.9 Å². The van der Waals surface area contributed by atoms with Crippen LogP contribution in [0.4, 0.5) is 0 Å². The predicted molar refractivity (Wildman–Crippen MR) is 133 cm³/mol. The third-order valence-corrected chi connectivity index (χ3v) is 7.43. The summed E-state index contributed by atoms with van der Waals surface area (Å²) < 4.78 is 10.5. The molecule has 0 radical (unpaired) electrons. The van der Waals surface area contributed by atoms with Crippen molar-refractivity contribution in [1.82, 2.24) is 9.80 Å². The predicted octanol–water partition coefficient (Wildman–Crippen LogP) is 5.05. The van der Waals surface area contributed by atoms with Gasteiger partial charge in [0.05, 0.1) is 26.1 Å². The third-order valence-electron chi connectivity index (χ3n) is 7.43. The number of carbonyl (C=O) groups excluding carboxylic acids is 2. The van der Waals surface area contributed by atoms with Crippen molar-refractivity contribution in [3.63, 3.8) is 0 Å². The van der Waals surface area contributed by atoms with Crippen LogP contribution in [0, 0.1) is 11.8 Å². The average molecular weight is 467 g/mol. The smallest absolute Gasteiger partial charge is 0.307 e. The van der Waals surface area contributed by atoms with Crippen molar-refractivity contribution in [3.8, 4) is 0 Å². The number of piperidine rings is 2. The van der Waals surface area contributed by atoms with E-state index in [0.29, 0.717) is 26.1 Å². The van der Waals surface area contributed by atoms with E-state index in [0.717, 1.165) is 76.8 Å². The van der Waals surface area contributed by atoms with E-state index in [-0.39, 0.29) is 11.9 Å². The zero-order valence-electron chi connectivity index (χ0n) is 21.5. The highest BCUT2D eigenvalue weighted by molar-refractivity contribution is 5.69. The molecule has 0 N–H and O–H groups in total. The molecule has 2 aliphatic rings. The molecule has 0 amide bonds. The molecule has 0 atom stereocenters. The van der Waals surface area contributed by atoms with Gasteiger partial charge >= 0.3 is 11.9 Å². The first kappa shape index (κ1) is 28.1. The SMILES string of the molecule is CCCCOC(=O)CCN1CCC(CCCC2CCN(CCC(=O)OCCCC)CC2)CC1. The Morgan fingerprint density at radius 3 is 1.42 bits per heavy atom. The van der Waals surface area contributed by atoms with Gasteiger partial charge in [-0.3, -0.25) is 9.59 Å². The van der Waals surface area contributed by atoms with E-state index >= 15 is 0 Å². The van der Waals surface area contributed by atoms with Gasteiger partial charge in [-0.15, -0.1) is 0 Å². The van der Waals surface area contributed by atoms with Crippen LogP contribution in [0.25, 0.3) is 0 Å². The molecule has 2 saturated heterocycles. The summed E-state index contributed by atoms with van der Waals surface area (Å²) in [4.78, 5) is 28.4. The molecule has 0 aromatic carbocycles. The van der Waals surface area contributed by atoms with Crippen molar-refractivity contribution in [2.75, 3.05) is 52.5 Å². The number of hydrogen-bond acceptors (Lipinski definition) is 6. The molecule has 33 heavy (non-hydrogen) atoms. The fourth-order valence-corrected chi connectivity index (χ4v) is 5.00. The van der Waals surface area contributed by atoms with Gasteiger partial charge in [-0.25, -0.2) is 0 Å². The average Bonchev–Trinajstić information content (AvgIpc) is 2.83. The fraction of sp³-hybridized carbons (Fsp3) is 0.926. The molecule has 0 aliphatic carbocycles. The topological polar surface area (TPSA) is 59.1 Å². The van der Waals surface area contributed by atoms with Crippen LogP contribution >= 0.6 is 0 Å². The molecule has 0 unspecified atom stereocenters. The van der Waals surface area contributed by atoms with Crippen LogP contribution in [0.3, 0.4) is 0 Å². The minimum atomic E-state index is -0.0384. The Balaban J connectivity index is 1.45. The van der Waals surface area contributed by atoms with Gasteiger partial charge in [0.25, 0.3) is 0 Å². The summed E-state index contributed by atoms with van der Waals surface area (Å²) in [6.45, 7) is 11.6. The molecule has 0 bridgehead atoms. The molecule has 0 saturated carbocycles. The first-order valence-corrected chi connectivity index (χ1v) is 13.9. The number of hydrogen-bond donors (Lipinski definition) is 0. The van der Waals surface area contributed by atoms with Gasteiger partial charge in [0, 0.05) is 13.1 Å². The van der Waals surface area contributed by atoms with Crippen molar-refractivity contribution >= 4 is 11.9 Å². The Kier molecular flexibility index (Phi) is 14.7. The fourth-order valence-electron chi connectivity index (χ4n) is 5.00. The van der Waals surface area contributed by atoms with E-state index in [2.05, 4.69) is 23.6 Å². The Morgan fingerprint density at radius 1 is 0.667 bits per heavy atom. The Labute approximate surface area is 202 Å². The van der Waals surface area contributed by atoms with Crippen LogP contribution in [0.2, 0.25) is 0 Å². The molecule has 0 aromatic heterocycles. The quantitative estimate of drug-likeness (QED) is 0.234. The zero-order valence-corrected chi connectivity index (χ0v) is 21.5. The van der Waals surface area contributed by atoms with Crippen LogP contribution in [-0.4, -0.2) is 74.2 Å². The lowest BCUT2D eigenvalue weighted by atomic mass is 9.87. The minimum Gasteiger partial charge on any atom is -0.466 e. The van der Waals surface area contributed by atoms with Crippen LogP contribution in [0.5, 0.6) is 0 Å². The van der Waals surface area contributed by atoms with Gasteiger partial charge in [-0.1, -0.05) is 46.0 Å². The maximum Gasteiger partial charge on any atom is 0.307 e. The highest BCUT2D eigenvalue weighted by Crippen LogP contribution is 2.27. The van der Waals surface area contributed by atoms with Crippen molar-refractivity contribution in [2.24, 2.45) is 11.8 Å². The highest BCUT2D eigenvalue weighted by atomic mass is 16.5. The van der Waals surface area contributed by atoms with Crippen LogP contribution in [0.15, 0.2) is 0 Å². The molecule has 6 nitrogen and oxygen atoms in total. The van der Waals surface area contributed by atoms with Crippen LogP contribution in [-0.2, 0) is 19.1 Å². The molecular formula is C27H50N2O4. The number of nitrogens with zero attached hydrogens (tertiary/aromatic N) is 2. The van der Waals surface area contributed by atoms with E-state index in [4.69, 9.17) is 9.47 Å². The summed E-state index contributed by atoms with van der Waals surface area (Å²) in [5.74, 6) is 1.64. The summed E-state index contributed by atoms with van der Waals surface area (Å²) in [7, 11) is 0. The zero-order chi connectivity index (χ0) is 23.7. The van der Waals surface area contributed by atoms with Crippen molar-refractivity contribution < 1.29 is 19.1 Å². The molecule has 2 heterocycles. The highest BCUT2D eigenvalue weighted by Gasteiger charge is 2.22. The lowest BCUT2D eigenvalue weighted by Crippen LogP contribution is -2.36. The van der Waals surface area contributed by atoms with E-state index in [1.807, 2.05) is 0 Å². The molecule has 6 heteroatoms. The van der Waals surface area contributed by atoms with Gasteiger partial charge in [0.1, 0.15) is 0 Å². The lowest BCUT2D eigenvalue weighted by Gasteiger charge is -2.33. The molecule has 2 fully saturated rings. The second-order valence-electron chi connectivity index (χ2n) is 10.1. The van der Waals surface area contributed by atoms with Gasteiger partial charge in [-0.2, -0.15) is 0 Å². The lowest BCUT2D eigenvalue weighted by molar-refractivity contribution is -0.145. The standard InChI is InChI=1S/C27H50N2O4/c1-3-5-22-32-26(30)14-20-28-16-10-24(11-17-28)8-7-9-25-12-18-29(19-13-25)21-15-27(31)33-23-6-4-2/h24-25H,3-23H2,1-2H3. The third kappa shape index (κ3) is 12.8. The Bertz CT molecular complexity index is 480. The summed E-state index contributed by atoms with van der Waals surface area (Å²) >= 11 is 0. The number of esters is 2. The Hall–Kier alpha value is -1.14. The number of rotatable bonds is 16. The van der Waals surface area contributed by atoms with Crippen LogP contribution < -0.4 is 0 Å². The maximum atomic E-state index is 11.8. The summed E-state index contributed by atoms with van der Waals surface area (Å²) in [5.41, 5.74) is 0. The van der Waals surface area contributed by atoms with E-state index in [9.17, 15) is 9.59 Å². The molecule has 2 aliphatic heterocycles. The summed E-state index contributed by atoms with van der Waals surface area (Å²) in [6.07, 6.45) is 14.3. The normalized spacial score (nSPS) is 19.0. The summed E-state index contributed by atoms with van der Waals surface area (Å²) in [5, 5.41) is 0. The van der Waals surface area contributed by atoms with Gasteiger partial charge < -0.3 is 19.3 Å². The van der Waals surface area contributed by atoms with Crippen LogP contribution in [0.1, 0.15) is 97.3 Å². The summed E-state index contributed by atoms with van der Waals surface area (Å²) in [6, 6.07) is 0. The largest absolute Gasteiger partial charge is 0.466 e. The first-order valence-electron chi connectivity index (χ1n) is 13.9. The van der Waals surface area contributed by atoms with Crippen molar-refractivity contribution in [3.05, 3.63) is 0 Å². The molecule has 192 valence electrons. The molecule has 0 aromatic rings. The molecular weight excluding hydrogens is 416 g/mol. The minimum absolute atomic E-state index is 0.0384. The van der Waals surface area contributed by atoms with Gasteiger partial charge in [0.15, 0.2) is 0 Å². The number of likely N-dealkylation sites (tertiary alicyclic amines) is 2. The Morgan fingerprint density at radius 2 is 1.06 bits per heavy atom. The van der Waals surface area contributed by atoms with E-state index in [1.54, 1.807) is 0 Å². The van der Waals surface area contributed by atoms with Crippen molar-refractivity contribution in [1.29, 1.82) is 0 Å². The second kappa shape index (κ2) is 17.3. The molecule has 0 spiro atoms. The van der Waals surface area contributed by atoms with Crippen molar-refractivity contribution in [2.45, 2.75) is 97.3 Å². The number of ether oxygens (including phenoxy) is 2. The number of carbonyl (C=O) groups is 2. The maximum absolute atomic E-state index is 11.8. The van der Waals surface area contributed by atoms with Gasteiger partial charge in [0.2, 0.25) is 0 Å². The number of unbranched alkanes of at least 4 members (excludes halogenated alkanes) is 2. The second-order valence-corrected chi connectivity index (χ2v) is 10.1. The monoisotopic (exact) mass is 466 g/mol.